The molecule has 0 amide bonds. The van der Waals surface area contributed by atoms with Gasteiger partial charge in [0.15, 0.2) is 5.75 Å². The molecule has 0 atom stereocenters. The van der Waals surface area contributed by atoms with Gasteiger partial charge in [-0.05, 0) is 18.2 Å². The highest BCUT2D eigenvalue weighted by molar-refractivity contribution is 9.10. The van der Waals surface area contributed by atoms with E-state index in [2.05, 4.69) is 25.9 Å². The molecule has 0 fully saturated rings. The highest BCUT2D eigenvalue weighted by Gasteiger charge is 2.10. The van der Waals surface area contributed by atoms with Crippen LogP contribution in [0.25, 0.3) is 0 Å². The maximum absolute atomic E-state index is 5.78. The lowest BCUT2D eigenvalue weighted by Crippen LogP contribution is -2.07. The SMILES string of the molecule is CC(C)c1ncc(Oc2cccc(Br)c2)c(CN)n1. The molecule has 0 aliphatic carbocycles. The van der Waals surface area contributed by atoms with E-state index in [0.29, 0.717) is 12.3 Å². The Hall–Kier alpha value is -1.46. The molecule has 5 heteroatoms. The molecule has 0 aliphatic rings. The molecule has 0 saturated carbocycles. The van der Waals surface area contributed by atoms with Crippen molar-refractivity contribution in [2.45, 2.75) is 26.3 Å². The molecule has 4 nitrogen and oxygen atoms in total. The van der Waals surface area contributed by atoms with Crippen molar-refractivity contribution in [2.24, 2.45) is 5.73 Å². The van der Waals surface area contributed by atoms with Gasteiger partial charge in [0.05, 0.1) is 6.20 Å². The average Bonchev–Trinajstić information content (AvgIpc) is 2.39. The van der Waals surface area contributed by atoms with E-state index >= 15 is 0 Å². The molecule has 19 heavy (non-hydrogen) atoms. The van der Waals surface area contributed by atoms with Gasteiger partial charge in [0.25, 0.3) is 0 Å². The van der Waals surface area contributed by atoms with E-state index in [1.807, 2.05) is 38.1 Å². The van der Waals surface area contributed by atoms with E-state index in [1.54, 1.807) is 6.20 Å². The lowest BCUT2D eigenvalue weighted by molar-refractivity contribution is 0.467. The summed E-state index contributed by atoms with van der Waals surface area (Å²) in [5, 5.41) is 0. The van der Waals surface area contributed by atoms with Crippen LogP contribution in [0.1, 0.15) is 31.3 Å². The number of nitrogens with two attached hydrogens (primary N) is 1. The van der Waals surface area contributed by atoms with Crippen molar-refractivity contribution in [1.29, 1.82) is 0 Å². The van der Waals surface area contributed by atoms with Crippen LogP contribution in [0.4, 0.5) is 0 Å². The van der Waals surface area contributed by atoms with Crippen LogP contribution in [0.5, 0.6) is 11.5 Å². The van der Waals surface area contributed by atoms with E-state index in [-0.39, 0.29) is 5.92 Å². The van der Waals surface area contributed by atoms with Crippen LogP contribution < -0.4 is 10.5 Å². The Bertz CT molecular complexity index is 572. The second-order valence-electron chi connectivity index (χ2n) is 4.46. The van der Waals surface area contributed by atoms with Crippen molar-refractivity contribution in [1.82, 2.24) is 9.97 Å². The van der Waals surface area contributed by atoms with Crippen molar-refractivity contribution in [3.8, 4) is 11.5 Å². The van der Waals surface area contributed by atoms with Gasteiger partial charge in [0.2, 0.25) is 0 Å². The molecular formula is C14H16BrN3O. The highest BCUT2D eigenvalue weighted by Crippen LogP contribution is 2.26. The Morgan fingerprint density at radius 2 is 2.16 bits per heavy atom. The third-order valence-corrected chi connectivity index (χ3v) is 3.07. The number of halogens is 1. The van der Waals surface area contributed by atoms with Crippen molar-refractivity contribution >= 4 is 15.9 Å². The van der Waals surface area contributed by atoms with Crippen LogP contribution in [0.3, 0.4) is 0 Å². The molecule has 1 aromatic carbocycles. The number of benzene rings is 1. The molecule has 1 aromatic heterocycles. The van der Waals surface area contributed by atoms with E-state index in [4.69, 9.17) is 10.5 Å². The zero-order valence-corrected chi connectivity index (χ0v) is 12.5. The van der Waals surface area contributed by atoms with Gasteiger partial charge in [0, 0.05) is 16.9 Å². The molecular weight excluding hydrogens is 306 g/mol. The number of ether oxygens (including phenoxy) is 1. The summed E-state index contributed by atoms with van der Waals surface area (Å²) in [5.74, 6) is 2.38. The number of hydrogen-bond donors (Lipinski definition) is 1. The van der Waals surface area contributed by atoms with Crippen LogP contribution in [0.2, 0.25) is 0 Å². The van der Waals surface area contributed by atoms with E-state index < -0.39 is 0 Å². The first kappa shape index (κ1) is 14.0. The van der Waals surface area contributed by atoms with Crippen molar-refractivity contribution < 1.29 is 4.74 Å². The molecule has 2 N–H and O–H groups in total. The van der Waals surface area contributed by atoms with Crippen LogP contribution in [0, 0.1) is 0 Å². The van der Waals surface area contributed by atoms with Gasteiger partial charge in [-0.3, -0.25) is 0 Å². The molecule has 0 spiro atoms. The topological polar surface area (TPSA) is 61.0 Å². The van der Waals surface area contributed by atoms with Crippen LogP contribution in [0.15, 0.2) is 34.9 Å². The third kappa shape index (κ3) is 3.52. The van der Waals surface area contributed by atoms with Crippen LogP contribution in [-0.4, -0.2) is 9.97 Å². The maximum Gasteiger partial charge on any atom is 0.168 e. The summed E-state index contributed by atoms with van der Waals surface area (Å²) in [7, 11) is 0. The first-order valence-corrected chi connectivity index (χ1v) is 6.88. The van der Waals surface area contributed by atoms with E-state index in [9.17, 15) is 0 Å². The average molecular weight is 322 g/mol. The predicted molar refractivity (Wildman–Crippen MR) is 78.2 cm³/mol. The minimum atomic E-state index is 0.269. The number of nitrogens with zero attached hydrogens (tertiary/aromatic N) is 2. The summed E-state index contributed by atoms with van der Waals surface area (Å²) in [6.07, 6.45) is 1.69. The Labute approximate surface area is 121 Å². The normalized spacial score (nSPS) is 10.8. The largest absolute Gasteiger partial charge is 0.454 e. The summed E-state index contributed by atoms with van der Waals surface area (Å²) < 4.78 is 6.74. The first-order chi connectivity index (χ1) is 9.10. The number of aromatic nitrogens is 2. The molecule has 2 aromatic rings. The van der Waals surface area contributed by atoms with Gasteiger partial charge in [-0.15, -0.1) is 0 Å². The summed E-state index contributed by atoms with van der Waals surface area (Å²) in [4.78, 5) is 8.74. The Kier molecular flexibility index (Phi) is 4.50. The maximum atomic E-state index is 5.78. The monoisotopic (exact) mass is 321 g/mol. The molecule has 0 radical (unpaired) electrons. The van der Waals surface area contributed by atoms with Gasteiger partial charge in [-0.2, -0.15) is 0 Å². The lowest BCUT2D eigenvalue weighted by atomic mass is 10.2. The molecule has 0 saturated heterocycles. The van der Waals surface area contributed by atoms with Gasteiger partial charge < -0.3 is 10.5 Å². The minimum absolute atomic E-state index is 0.269. The molecule has 100 valence electrons. The van der Waals surface area contributed by atoms with Gasteiger partial charge >= 0.3 is 0 Å². The Morgan fingerprint density at radius 3 is 2.79 bits per heavy atom. The van der Waals surface area contributed by atoms with Gasteiger partial charge in [-0.25, -0.2) is 9.97 Å². The molecule has 0 aliphatic heterocycles. The molecule has 1 heterocycles. The Balaban J connectivity index is 2.29. The fourth-order valence-electron chi connectivity index (χ4n) is 1.59. The standard InChI is InChI=1S/C14H16BrN3O/c1-9(2)14-17-8-13(12(7-16)18-14)19-11-5-3-4-10(15)6-11/h3-6,8-9H,7,16H2,1-2H3. The second-order valence-corrected chi connectivity index (χ2v) is 5.37. The zero-order chi connectivity index (χ0) is 13.8. The van der Waals surface area contributed by atoms with E-state index in [1.165, 1.54) is 0 Å². The highest BCUT2D eigenvalue weighted by atomic mass is 79.9. The molecule has 0 unspecified atom stereocenters. The predicted octanol–water partition coefficient (Wildman–Crippen LogP) is 3.61. The van der Waals surface area contributed by atoms with Crippen molar-refractivity contribution in [3.05, 3.63) is 46.5 Å². The number of hydrogen-bond acceptors (Lipinski definition) is 4. The lowest BCUT2D eigenvalue weighted by Gasteiger charge is -2.11. The minimum Gasteiger partial charge on any atom is -0.454 e. The second kappa shape index (κ2) is 6.12. The summed E-state index contributed by atoms with van der Waals surface area (Å²) in [5.41, 5.74) is 6.44. The summed E-state index contributed by atoms with van der Waals surface area (Å²) in [6, 6.07) is 7.61. The summed E-state index contributed by atoms with van der Waals surface area (Å²) >= 11 is 3.41. The van der Waals surface area contributed by atoms with Gasteiger partial charge in [0.1, 0.15) is 17.3 Å². The van der Waals surface area contributed by atoms with Crippen LogP contribution >= 0.6 is 15.9 Å². The quantitative estimate of drug-likeness (QED) is 0.934. The van der Waals surface area contributed by atoms with Gasteiger partial charge in [-0.1, -0.05) is 35.8 Å². The summed E-state index contributed by atoms with van der Waals surface area (Å²) in [6.45, 7) is 4.42. The number of rotatable bonds is 4. The third-order valence-electron chi connectivity index (χ3n) is 2.58. The van der Waals surface area contributed by atoms with Crippen molar-refractivity contribution in [2.75, 3.05) is 0 Å². The fraction of sp³-hybridized carbons (Fsp3) is 0.286. The first-order valence-electron chi connectivity index (χ1n) is 6.09. The van der Waals surface area contributed by atoms with Crippen LogP contribution in [-0.2, 0) is 6.54 Å². The molecule has 2 rings (SSSR count). The zero-order valence-electron chi connectivity index (χ0n) is 10.9. The molecule has 0 bridgehead atoms. The van der Waals surface area contributed by atoms with Crippen molar-refractivity contribution in [3.63, 3.8) is 0 Å². The fourth-order valence-corrected chi connectivity index (χ4v) is 1.97. The smallest absolute Gasteiger partial charge is 0.168 e. The van der Waals surface area contributed by atoms with E-state index in [0.717, 1.165) is 21.7 Å². The Morgan fingerprint density at radius 1 is 1.37 bits per heavy atom.